The molecule has 18 heavy (non-hydrogen) atoms. The average Bonchev–Trinajstić information content (AvgIpc) is 2.90. The van der Waals surface area contributed by atoms with Gasteiger partial charge in [-0.15, -0.1) is 0 Å². The Bertz CT molecular complexity index is 372. The zero-order valence-corrected chi connectivity index (χ0v) is 11.2. The second kappa shape index (κ2) is 5.85. The molecule has 0 spiro atoms. The Kier molecular flexibility index (Phi) is 4.18. The van der Waals surface area contributed by atoms with Crippen LogP contribution in [0.5, 0.6) is 23.0 Å². The molecule has 0 radical (unpaired) electrons. The van der Waals surface area contributed by atoms with Gasteiger partial charge in [0.15, 0.2) is 11.5 Å². The van der Waals surface area contributed by atoms with Gasteiger partial charge in [0.2, 0.25) is 5.75 Å². The molecule has 0 heterocycles. The molecule has 0 N–H and O–H groups in total. The van der Waals surface area contributed by atoms with Gasteiger partial charge in [0.1, 0.15) is 5.75 Å². The summed E-state index contributed by atoms with van der Waals surface area (Å²) in [6.45, 7) is 0. The lowest BCUT2D eigenvalue weighted by Gasteiger charge is -2.17. The third kappa shape index (κ3) is 2.63. The van der Waals surface area contributed by atoms with Crippen molar-refractivity contribution in [3.8, 4) is 23.0 Å². The highest BCUT2D eigenvalue weighted by Gasteiger charge is 2.19. The first kappa shape index (κ1) is 12.9. The van der Waals surface area contributed by atoms with E-state index < -0.39 is 0 Å². The molecule has 0 aromatic heterocycles. The summed E-state index contributed by atoms with van der Waals surface area (Å²) in [6, 6.07) is 3.69. The molecule has 100 valence electrons. The van der Waals surface area contributed by atoms with Crippen LogP contribution >= 0.6 is 0 Å². The fourth-order valence-electron chi connectivity index (χ4n) is 2.32. The molecule has 1 aromatic carbocycles. The summed E-state index contributed by atoms with van der Waals surface area (Å²) in [4.78, 5) is 0. The Hall–Kier alpha value is -1.58. The smallest absolute Gasteiger partial charge is 0.203 e. The van der Waals surface area contributed by atoms with E-state index in [4.69, 9.17) is 18.9 Å². The van der Waals surface area contributed by atoms with Gasteiger partial charge in [-0.1, -0.05) is 0 Å². The van der Waals surface area contributed by atoms with Gasteiger partial charge >= 0.3 is 0 Å². The number of hydrogen-bond acceptors (Lipinski definition) is 4. The van der Waals surface area contributed by atoms with E-state index in [0.29, 0.717) is 23.4 Å². The molecule has 4 heteroatoms. The van der Waals surface area contributed by atoms with Crippen LogP contribution in [0.1, 0.15) is 25.7 Å². The summed E-state index contributed by atoms with van der Waals surface area (Å²) in [7, 11) is 4.81. The fourth-order valence-corrected chi connectivity index (χ4v) is 2.32. The lowest BCUT2D eigenvalue weighted by atomic mass is 10.2. The molecule has 0 bridgehead atoms. The molecule has 4 nitrogen and oxygen atoms in total. The molecule has 1 aliphatic rings. The maximum Gasteiger partial charge on any atom is 0.203 e. The zero-order valence-electron chi connectivity index (χ0n) is 11.2. The molecule has 1 aliphatic carbocycles. The van der Waals surface area contributed by atoms with Gasteiger partial charge in [-0.2, -0.15) is 0 Å². The van der Waals surface area contributed by atoms with Crippen LogP contribution in [0, 0.1) is 0 Å². The predicted octanol–water partition coefficient (Wildman–Crippen LogP) is 3.03. The average molecular weight is 252 g/mol. The van der Waals surface area contributed by atoms with Gasteiger partial charge in [-0.25, -0.2) is 0 Å². The zero-order chi connectivity index (χ0) is 13.0. The van der Waals surface area contributed by atoms with Gasteiger partial charge in [-0.3, -0.25) is 0 Å². The topological polar surface area (TPSA) is 36.9 Å². The number of methoxy groups -OCH3 is 3. The van der Waals surface area contributed by atoms with Crippen molar-refractivity contribution in [3.63, 3.8) is 0 Å². The molecule has 0 saturated heterocycles. The van der Waals surface area contributed by atoms with E-state index >= 15 is 0 Å². The number of benzene rings is 1. The molecule has 0 atom stereocenters. The summed E-state index contributed by atoms with van der Waals surface area (Å²) >= 11 is 0. The fraction of sp³-hybridized carbons (Fsp3) is 0.571. The first-order chi connectivity index (χ1) is 8.78. The van der Waals surface area contributed by atoms with Crippen LogP contribution in [0.3, 0.4) is 0 Å². The van der Waals surface area contributed by atoms with Gasteiger partial charge in [0.25, 0.3) is 0 Å². The summed E-state index contributed by atoms with van der Waals surface area (Å²) in [5, 5.41) is 0. The SMILES string of the molecule is COc1cc(OC2CCCC2)cc(OC)c1OC. The van der Waals surface area contributed by atoms with Gasteiger partial charge in [-0.05, 0) is 25.7 Å². The maximum absolute atomic E-state index is 5.94. The third-order valence-corrected chi connectivity index (χ3v) is 3.24. The monoisotopic (exact) mass is 252 g/mol. The van der Waals surface area contributed by atoms with Crippen molar-refractivity contribution in [2.24, 2.45) is 0 Å². The van der Waals surface area contributed by atoms with E-state index in [1.54, 1.807) is 21.3 Å². The molecule has 2 rings (SSSR count). The van der Waals surface area contributed by atoms with Crippen molar-refractivity contribution in [1.29, 1.82) is 0 Å². The molecular formula is C14H20O4. The second-order valence-electron chi connectivity index (χ2n) is 4.39. The minimum absolute atomic E-state index is 0.313. The van der Waals surface area contributed by atoms with Crippen molar-refractivity contribution in [2.45, 2.75) is 31.8 Å². The Morgan fingerprint density at radius 3 is 1.89 bits per heavy atom. The molecule has 0 aliphatic heterocycles. The molecule has 1 saturated carbocycles. The van der Waals surface area contributed by atoms with Crippen LogP contribution in [0.15, 0.2) is 12.1 Å². The Balaban J connectivity index is 2.24. The third-order valence-electron chi connectivity index (χ3n) is 3.24. The van der Waals surface area contributed by atoms with Crippen molar-refractivity contribution < 1.29 is 18.9 Å². The van der Waals surface area contributed by atoms with Crippen LogP contribution in [-0.4, -0.2) is 27.4 Å². The van der Waals surface area contributed by atoms with Gasteiger partial charge in [0, 0.05) is 12.1 Å². The molecule has 0 amide bonds. The van der Waals surface area contributed by atoms with Crippen LogP contribution in [0.4, 0.5) is 0 Å². The minimum Gasteiger partial charge on any atom is -0.493 e. The van der Waals surface area contributed by atoms with E-state index in [1.165, 1.54) is 12.8 Å². The highest BCUT2D eigenvalue weighted by molar-refractivity contribution is 5.55. The number of ether oxygens (including phenoxy) is 4. The second-order valence-corrected chi connectivity index (χ2v) is 4.39. The number of hydrogen-bond donors (Lipinski definition) is 0. The van der Waals surface area contributed by atoms with Gasteiger partial charge in [0.05, 0.1) is 27.4 Å². The summed E-state index contributed by atoms with van der Waals surface area (Å²) < 4.78 is 21.8. The first-order valence-electron chi connectivity index (χ1n) is 6.25. The molecule has 1 aromatic rings. The van der Waals surface area contributed by atoms with Gasteiger partial charge < -0.3 is 18.9 Å². The molecular weight excluding hydrogens is 232 g/mol. The van der Waals surface area contributed by atoms with E-state index in [1.807, 2.05) is 12.1 Å². The van der Waals surface area contributed by atoms with Crippen molar-refractivity contribution in [1.82, 2.24) is 0 Å². The quantitative estimate of drug-likeness (QED) is 0.807. The van der Waals surface area contributed by atoms with E-state index in [0.717, 1.165) is 18.6 Å². The molecule has 0 unspecified atom stereocenters. The lowest BCUT2D eigenvalue weighted by molar-refractivity contribution is 0.207. The minimum atomic E-state index is 0.313. The highest BCUT2D eigenvalue weighted by Crippen LogP contribution is 2.41. The summed E-state index contributed by atoms with van der Waals surface area (Å²) in [5.41, 5.74) is 0. The lowest BCUT2D eigenvalue weighted by Crippen LogP contribution is -2.11. The van der Waals surface area contributed by atoms with Crippen LogP contribution in [0.25, 0.3) is 0 Å². The van der Waals surface area contributed by atoms with E-state index in [2.05, 4.69) is 0 Å². The summed E-state index contributed by atoms with van der Waals surface area (Å²) in [6.07, 6.45) is 5.05. The van der Waals surface area contributed by atoms with E-state index in [-0.39, 0.29) is 0 Å². The standard InChI is InChI=1S/C14H20O4/c1-15-12-8-11(18-10-6-4-5-7-10)9-13(16-2)14(12)17-3/h8-10H,4-7H2,1-3H3. The van der Waals surface area contributed by atoms with Crippen LogP contribution in [0.2, 0.25) is 0 Å². The van der Waals surface area contributed by atoms with E-state index in [9.17, 15) is 0 Å². The van der Waals surface area contributed by atoms with Crippen molar-refractivity contribution in [3.05, 3.63) is 12.1 Å². The Morgan fingerprint density at radius 1 is 0.889 bits per heavy atom. The largest absolute Gasteiger partial charge is 0.493 e. The van der Waals surface area contributed by atoms with Crippen molar-refractivity contribution in [2.75, 3.05) is 21.3 Å². The Morgan fingerprint density at radius 2 is 1.44 bits per heavy atom. The normalized spacial score (nSPS) is 15.5. The summed E-state index contributed by atoms with van der Waals surface area (Å²) in [5.74, 6) is 2.63. The van der Waals surface area contributed by atoms with Crippen molar-refractivity contribution >= 4 is 0 Å². The highest BCUT2D eigenvalue weighted by atomic mass is 16.5. The molecule has 1 fully saturated rings. The number of rotatable bonds is 5. The maximum atomic E-state index is 5.94. The predicted molar refractivity (Wildman–Crippen MR) is 69.0 cm³/mol. The first-order valence-corrected chi connectivity index (χ1v) is 6.25. The van der Waals surface area contributed by atoms with Crippen LogP contribution < -0.4 is 18.9 Å². The van der Waals surface area contributed by atoms with Crippen LogP contribution in [-0.2, 0) is 0 Å². The Labute approximate surface area is 108 Å².